The van der Waals surface area contributed by atoms with Crippen molar-refractivity contribution in [3.8, 4) is 0 Å². The lowest BCUT2D eigenvalue weighted by Crippen LogP contribution is -2.45. The fraction of sp³-hybridized carbons (Fsp3) is 0.615. The van der Waals surface area contributed by atoms with Crippen molar-refractivity contribution < 1.29 is 14.7 Å². The van der Waals surface area contributed by atoms with Gasteiger partial charge in [0.25, 0.3) is 0 Å². The third-order valence-corrected chi connectivity index (χ3v) is 2.93. The van der Waals surface area contributed by atoms with E-state index in [0.29, 0.717) is 19.5 Å². The molecule has 1 heterocycles. The van der Waals surface area contributed by atoms with Crippen LogP contribution in [0.4, 0.5) is 4.79 Å². The van der Waals surface area contributed by atoms with Gasteiger partial charge in [-0.25, -0.2) is 9.78 Å². The molecule has 20 heavy (non-hydrogen) atoms. The summed E-state index contributed by atoms with van der Waals surface area (Å²) in [5.41, 5.74) is 0. The highest BCUT2D eigenvalue weighted by Gasteiger charge is 2.21. The van der Waals surface area contributed by atoms with Crippen LogP contribution in [0.3, 0.4) is 0 Å². The number of aliphatic carboxylic acids is 1. The van der Waals surface area contributed by atoms with Gasteiger partial charge in [0.1, 0.15) is 5.82 Å². The molecule has 1 rings (SSSR count). The van der Waals surface area contributed by atoms with Crippen molar-refractivity contribution in [3.63, 3.8) is 0 Å². The smallest absolute Gasteiger partial charge is 0.320 e. The molecule has 0 radical (unpaired) electrons. The zero-order valence-electron chi connectivity index (χ0n) is 12.2. The summed E-state index contributed by atoms with van der Waals surface area (Å²) in [6.07, 6.45) is 3.87. The molecule has 0 atom stereocenters. The van der Waals surface area contributed by atoms with Crippen LogP contribution in [-0.4, -0.2) is 56.5 Å². The maximum atomic E-state index is 12.3. The highest BCUT2D eigenvalue weighted by Crippen LogP contribution is 2.08. The van der Waals surface area contributed by atoms with E-state index in [4.69, 9.17) is 5.11 Å². The average Bonchev–Trinajstić information content (AvgIpc) is 2.85. The van der Waals surface area contributed by atoms with Crippen molar-refractivity contribution in [3.05, 3.63) is 18.2 Å². The van der Waals surface area contributed by atoms with Crippen LogP contribution in [0.5, 0.6) is 0 Å². The van der Waals surface area contributed by atoms with Crippen molar-refractivity contribution >= 4 is 12.0 Å². The van der Waals surface area contributed by atoms with Gasteiger partial charge in [0, 0.05) is 38.4 Å². The number of carbonyl (C=O) groups excluding carboxylic acids is 1. The number of nitrogens with zero attached hydrogens (tertiary/aromatic N) is 3. The minimum atomic E-state index is -0.843. The number of carboxylic acid groups (broad SMARTS) is 1. The quantitative estimate of drug-likeness (QED) is 0.793. The first-order valence-corrected chi connectivity index (χ1v) is 6.63. The second-order valence-corrected chi connectivity index (χ2v) is 4.96. The molecule has 0 fully saturated rings. The number of hydrogen-bond acceptors (Lipinski definition) is 3. The predicted octanol–water partition coefficient (Wildman–Crippen LogP) is 1.54. The maximum absolute atomic E-state index is 12.3. The van der Waals surface area contributed by atoms with E-state index in [1.54, 1.807) is 29.2 Å². The summed E-state index contributed by atoms with van der Waals surface area (Å²) in [5, 5.41) is 8.66. The molecule has 0 aliphatic rings. The number of rotatable bonds is 7. The number of carboxylic acids is 1. The summed E-state index contributed by atoms with van der Waals surface area (Å²) >= 11 is 0. The van der Waals surface area contributed by atoms with E-state index in [-0.39, 0.29) is 18.5 Å². The highest BCUT2D eigenvalue weighted by atomic mass is 16.4. The number of imidazole rings is 1. The number of H-pyrrole nitrogens is 1. The molecule has 0 aromatic carbocycles. The predicted molar refractivity (Wildman–Crippen MR) is 74.2 cm³/mol. The summed E-state index contributed by atoms with van der Waals surface area (Å²) in [7, 11) is 1.71. The van der Waals surface area contributed by atoms with E-state index in [2.05, 4.69) is 9.97 Å². The van der Waals surface area contributed by atoms with Gasteiger partial charge in [0.15, 0.2) is 0 Å². The van der Waals surface area contributed by atoms with E-state index >= 15 is 0 Å². The van der Waals surface area contributed by atoms with Gasteiger partial charge in [-0.1, -0.05) is 0 Å². The Hall–Kier alpha value is -2.05. The van der Waals surface area contributed by atoms with Crippen molar-refractivity contribution in [2.24, 2.45) is 0 Å². The first-order valence-electron chi connectivity index (χ1n) is 6.63. The Kier molecular flexibility index (Phi) is 6.02. The minimum absolute atomic E-state index is 0.0235. The van der Waals surface area contributed by atoms with Gasteiger partial charge in [0.05, 0.1) is 6.54 Å². The molecule has 0 aliphatic heterocycles. The van der Waals surface area contributed by atoms with Gasteiger partial charge < -0.3 is 19.9 Å². The average molecular weight is 282 g/mol. The Balaban J connectivity index is 2.56. The normalized spacial score (nSPS) is 10.6. The molecule has 0 spiro atoms. The van der Waals surface area contributed by atoms with Gasteiger partial charge in [-0.15, -0.1) is 0 Å². The van der Waals surface area contributed by atoms with Crippen LogP contribution in [0.2, 0.25) is 0 Å². The third-order valence-electron chi connectivity index (χ3n) is 2.93. The summed E-state index contributed by atoms with van der Waals surface area (Å²) in [5.74, 6) is -0.125. The van der Waals surface area contributed by atoms with Crippen LogP contribution >= 0.6 is 0 Å². The summed E-state index contributed by atoms with van der Waals surface area (Å²) in [4.78, 5) is 33.2. The Morgan fingerprint density at radius 1 is 1.45 bits per heavy atom. The first kappa shape index (κ1) is 16.0. The lowest BCUT2D eigenvalue weighted by Gasteiger charge is -2.31. The van der Waals surface area contributed by atoms with Crippen LogP contribution in [0.25, 0.3) is 0 Å². The van der Waals surface area contributed by atoms with Crippen molar-refractivity contribution in [2.75, 3.05) is 13.6 Å². The molecule has 1 aromatic rings. The van der Waals surface area contributed by atoms with Crippen molar-refractivity contribution in [1.29, 1.82) is 0 Å². The number of aromatic nitrogens is 2. The standard InChI is InChI=1S/C13H22N4O3/c1-10(2)17(8-4-5-12(18)19)13(20)16(3)9-11-14-6-7-15-11/h6-7,10H,4-5,8-9H2,1-3H3,(H,14,15)(H,18,19). The molecule has 0 saturated heterocycles. The van der Waals surface area contributed by atoms with E-state index in [0.717, 1.165) is 5.82 Å². The SMILES string of the molecule is CC(C)N(CCCC(=O)O)C(=O)N(C)Cc1ncc[nH]1. The lowest BCUT2D eigenvalue weighted by molar-refractivity contribution is -0.137. The van der Waals surface area contributed by atoms with Crippen LogP contribution in [0.15, 0.2) is 12.4 Å². The first-order chi connectivity index (χ1) is 9.41. The highest BCUT2D eigenvalue weighted by molar-refractivity contribution is 5.74. The molecule has 0 unspecified atom stereocenters. The zero-order valence-corrected chi connectivity index (χ0v) is 12.2. The molecule has 112 valence electrons. The Morgan fingerprint density at radius 2 is 2.15 bits per heavy atom. The van der Waals surface area contributed by atoms with Crippen LogP contribution < -0.4 is 0 Å². The number of nitrogens with one attached hydrogen (secondary N) is 1. The Labute approximate surface area is 118 Å². The third kappa shape index (κ3) is 4.91. The van der Waals surface area contributed by atoms with E-state index < -0.39 is 5.97 Å². The number of amides is 2. The summed E-state index contributed by atoms with van der Waals surface area (Å²) in [6, 6.07) is -0.0999. The maximum Gasteiger partial charge on any atom is 0.320 e. The molecule has 0 saturated carbocycles. The van der Waals surface area contributed by atoms with Crippen molar-refractivity contribution in [2.45, 2.75) is 39.3 Å². The molecule has 0 bridgehead atoms. The monoisotopic (exact) mass is 282 g/mol. The van der Waals surface area contributed by atoms with Gasteiger partial charge in [0.2, 0.25) is 0 Å². The van der Waals surface area contributed by atoms with Crippen molar-refractivity contribution in [1.82, 2.24) is 19.8 Å². The van der Waals surface area contributed by atoms with Gasteiger partial charge in [-0.05, 0) is 20.3 Å². The van der Waals surface area contributed by atoms with E-state index in [1.165, 1.54) is 0 Å². The molecule has 7 heteroatoms. The summed E-state index contributed by atoms with van der Waals surface area (Å²) < 4.78 is 0. The molecule has 2 N–H and O–H groups in total. The fourth-order valence-electron chi connectivity index (χ4n) is 1.87. The zero-order chi connectivity index (χ0) is 15.1. The van der Waals surface area contributed by atoms with E-state index in [9.17, 15) is 9.59 Å². The fourth-order valence-corrected chi connectivity index (χ4v) is 1.87. The molecule has 0 aliphatic carbocycles. The van der Waals surface area contributed by atoms with Crippen LogP contribution in [0, 0.1) is 0 Å². The Morgan fingerprint density at radius 3 is 2.65 bits per heavy atom. The topological polar surface area (TPSA) is 89.5 Å². The van der Waals surface area contributed by atoms with Gasteiger partial charge in [-0.2, -0.15) is 0 Å². The van der Waals surface area contributed by atoms with Crippen LogP contribution in [-0.2, 0) is 11.3 Å². The number of hydrogen-bond donors (Lipinski definition) is 2. The van der Waals surface area contributed by atoms with Gasteiger partial charge >= 0.3 is 12.0 Å². The van der Waals surface area contributed by atoms with Gasteiger partial charge in [-0.3, -0.25) is 4.79 Å². The molecular formula is C13H22N4O3. The largest absolute Gasteiger partial charge is 0.481 e. The number of carbonyl (C=O) groups is 2. The Bertz CT molecular complexity index is 431. The second kappa shape index (κ2) is 7.52. The molecule has 2 amide bonds. The lowest BCUT2D eigenvalue weighted by atomic mass is 10.2. The second-order valence-electron chi connectivity index (χ2n) is 4.96. The number of urea groups is 1. The van der Waals surface area contributed by atoms with Crippen LogP contribution in [0.1, 0.15) is 32.5 Å². The minimum Gasteiger partial charge on any atom is -0.481 e. The molecular weight excluding hydrogens is 260 g/mol. The molecule has 7 nitrogen and oxygen atoms in total. The summed E-state index contributed by atoms with van der Waals surface area (Å²) in [6.45, 7) is 4.66. The molecule has 1 aromatic heterocycles. The number of aromatic amines is 1. The van der Waals surface area contributed by atoms with E-state index in [1.807, 2.05) is 13.8 Å².